The summed E-state index contributed by atoms with van der Waals surface area (Å²) in [7, 11) is 0. The van der Waals surface area contributed by atoms with Crippen molar-refractivity contribution in [2.45, 2.75) is 57.7 Å². The summed E-state index contributed by atoms with van der Waals surface area (Å²) in [6, 6.07) is -0.451. The monoisotopic (exact) mass is 258 g/mol. The molecule has 0 aromatic heterocycles. The van der Waals surface area contributed by atoms with Gasteiger partial charge in [-0.3, -0.25) is 4.79 Å². The van der Waals surface area contributed by atoms with Crippen molar-refractivity contribution >= 4 is 12.0 Å². The van der Waals surface area contributed by atoms with E-state index in [0.717, 1.165) is 19.4 Å². The fraction of sp³-hybridized carbons (Fsp3) is 0.833. The Bertz CT molecular complexity index is 290. The average Bonchev–Trinajstić information content (AvgIpc) is 2.79. The van der Waals surface area contributed by atoms with E-state index < -0.39 is 5.97 Å². The number of hydrogen-bond acceptors (Lipinski definition) is 3. The Kier molecular flexibility index (Phi) is 5.91. The zero-order chi connectivity index (χ0) is 13.5. The smallest absolute Gasteiger partial charge is 0.315 e. The lowest BCUT2D eigenvalue weighted by molar-refractivity contribution is -0.137. The van der Waals surface area contributed by atoms with E-state index in [1.54, 1.807) is 6.92 Å². The van der Waals surface area contributed by atoms with Gasteiger partial charge in [-0.05, 0) is 33.1 Å². The van der Waals surface area contributed by atoms with E-state index in [1.807, 2.05) is 6.92 Å². The summed E-state index contributed by atoms with van der Waals surface area (Å²) in [5.74, 6) is -0.850. The highest BCUT2D eigenvalue weighted by atomic mass is 16.5. The molecule has 18 heavy (non-hydrogen) atoms. The highest BCUT2D eigenvalue weighted by Crippen LogP contribution is 2.15. The van der Waals surface area contributed by atoms with Gasteiger partial charge in [0.1, 0.15) is 0 Å². The molecule has 3 atom stereocenters. The first kappa shape index (κ1) is 14.8. The molecule has 6 heteroatoms. The van der Waals surface area contributed by atoms with Gasteiger partial charge < -0.3 is 20.5 Å². The molecule has 0 aromatic rings. The van der Waals surface area contributed by atoms with Crippen LogP contribution in [-0.2, 0) is 9.53 Å². The van der Waals surface area contributed by atoms with E-state index in [1.165, 1.54) is 0 Å². The van der Waals surface area contributed by atoms with Gasteiger partial charge in [0.05, 0.1) is 12.1 Å². The zero-order valence-corrected chi connectivity index (χ0v) is 10.9. The highest BCUT2D eigenvalue weighted by Gasteiger charge is 2.23. The zero-order valence-electron chi connectivity index (χ0n) is 10.9. The lowest BCUT2D eigenvalue weighted by Gasteiger charge is -2.21. The van der Waals surface area contributed by atoms with Gasteiger partial charge in [-0.15, -0.1) is 0 Å². The van der Waals surface area contributed by atoms with Gasteiger partial charge in [-0.2, -0.15) is 0 Å². The first-order valence-corrected chi connectivity index (χ1v) is 6.39. The topological polar surface area (TPSA) is 87.7 Å². The average molecular weight is 258 g/mol. The second-order valence-corrected chi connectivity index (χ2v) is 4.79. The molecule has 1 aliphatic rings. The minimum absolute atomic E-state index is 0.0285. The predicted molar refractivity (Wildman–Crippen MR) is 66.4 cm³/mol. The predicted octanol–water partition coefficient (Wildman–Crippen LogP) is 1.11. The second kappa shape index (κ2) is 7.20. The normalized spacial score (nSPS) is 22.2. The van der Waals surface area contributed by atoms with Gasteiger partial charge >= 0.3 is 12.0 Å². The van der Waals surface area contributed by atoms with E-state index in [-0.39, 0.29) is 30.6 Å². The molecule has 1 aliphatic heterocycles. The Morgan fingerprint density at radius 2 is 2.11 bits per heavy atom. The van der Waals surface area contributed by atoms with E-state index in [9.17, 15) is 9.59 Å². The minimum Gasteiger partial charge on any atom is -0.481 e. The molecule has 1 fully saturated rings. The van der Waals surface area contributed by atoms with Crippen LogP contribution in [0.3, 0.4) is 0 Å². The number of amides is 2. The molecule has 1 heterocycles. The van der Waals surface area contributed by atoms with Gasteiger partial charge in [0.15, 0.2) is 0 Å². The van der Waals surface area contributed by atoms with E-state index in [0.29, 0.717) is 6.42 Å². The first-order chi connectivity index (χ1) is 8.49. The molecule has 0 aromatic carbocycles. The van der Waals surface area contributed by atoms with Gasteiger partial charge in [-0.25, -0.2) is 4.79 Å². The van der Waals surface area contributed by atoms with Crippen LogP contribution in [0.25, 0.3) is 0 Å². The Hall–Kier alpha value is -1.30. The van der Waals surface area contributed by atoms with Crippen molar-refractivity contribution in [3.63, 3.8) is 0 Å². The quantitative estimate of drug-likeness (QED) is 0.666. The second-order valence-electron chi connectivity index (χ2n) is 4.79. The number of carboxylic acid groups (broad SMARTS) is 1. The molecule has 0 saturated carbocycles. The fourth-order valence-corrected chi connectivity index (χ4v) is 1.97. The summed E-state index contributed by atoms with van der Waals surface area (Å²) < 4.78 is 5.48. The molecule has 3 unspecified atom stereocenters. The Morgan fingerprint density at radius 3 is 2.67 bits per heavy atom. The molecule has 1 saturated heterocycles. The molecular weight excluding hydrogens is 236 g/mol. The molecule has 6 nitrogen and oxygen atoms in total. The maximum absolute atomic E-state index is 11.6. The number of carbonyl (C=O) groups excluding carboxylic acids is 1. The number of nitrogens with one attached hydrogen (secondary N) is 2. The van der Waals surface area contributed by atoms with Crippen molar-refractivity contribution in [2.24, 2.45) is 0 Å². The van der Waals surface area contributed by atoms with Gasteiger partial charge in [0.25, 0.3) is 0 Å². The third-order valence-corrected chi connectivity index (χ3v) is 3.05. The Balaban J connectivity index is 2.21. The molecule has 104 valence electrons. The molecule has 1 rings (SSSR count). The van der Waals surface area contributed by atoms with Crippen LogP contribution < -0.4 is 10.6 Å². The summed E-state index contributed by atoms with van der Waals surface area (Å²) in [5.41, 5.74) is 0. The molecular formula is C12H22N2O4. The molecule has 0 radical (unpaired) electrons. The fourth-order valence-electron chi connectivity index (χ4n) is 1.97. The number of carbonyl (C=O) groups is 2. The molecule has 0 spiro atoms. The van der Waals surface area contributed by atoms with Crippen molar-refractivity contribution in [3.05, 3.63) is 0 Å². The third-order valence-electron chi connectivity index (χ3n) is 3.05. The molecule has 0 aliphatic carbocycles. The number of aliphatic carboxylic acids is 1. The van der Waals surface area contributed by atoms with E-state index >= 15 is 0 Å². The van der Waals surface area contributed by atoms with Crippen LogP contribution >= 0.6 is 0 Å². The lowest BCUT2D eigenvalue weighted by Crippen LogP contribution is -2.48. The summed E-state index contributed by atoms with van der Waals surface area (Å²) in [5, 5.41) is 14.1. The minimum atomic E-state index is -0.850. The van der Waals surface area contributed by atoms with Crippen LogP contribution in [0.5, 0.6) is 0 Å². The standard InChI is InChI=1S/C12H22N2O4/c1-8(5-6-11(15)16)13-12(17)14-9(2)10-4-3-7-18-10/h8-10H,3-7H2,1-2H3,(H,15,16)(H2,13,14,17). The van der Waals surface area contributed by atoms with Crippen molar-refractivity contribution in [3.8, 4) is 0 Å². The van der Waals surface area contributed by atoms with Crippen LogP contribution in [0, 0.1) is 0 Å². The van der Waals surface area contributed by atoms with Crippen LogP contribution in [0.15, 0.2) is 0 Å². The Morgan fingerprint density at radius 1 is 1.39 bits per heavy atom. The van der Waals surface area contributed by atoms with Crippen LogP contribution in [-0.4, -0.2) is 41.9 Å². The molecule has 2 amide bonds. The van der Waals surface area contributed by atoms with Crippen LogP contribution in [0.4, 0.5) is 4.79 Å². The molecule has 0 bridgehead atoms. The Labute approximate surface area is 107 Å². The van der Waals surface area contributed by atoms with Crippen LogP contribution in [0.1, 0.15) is 39.5 Å². The third kappa shape index (κ3) is 5.35. The van der Waals surface area contributed by atoms with Crippen molar-refractivity contribution < 1.29 is 19.4 Å². The number of ether oxygens (including phenoxy) is 1. The number of carboxylic acids is 1. The van der Waals surface area contributed by atoms with Gasteiger partial charge in [0.2, 0.25) is 0 Å². The summed E-state index contributed by atoms with van der Waals surface area (Å²) in [6.07, 6.45) is 2.58. The van der Waals surface area contributed by atoms with Gasteiger partial charge in [-0.1, -0.05) is 0 Å². The van der Waals surface area contributed by atoms with Crippen molar-refractivity contribution in [1.82, 2.24) is 10.6 Å². The number of rotatable bonds is 6. The van der Waals surface area contributed by atoms with Crippen LogP contribution in [0.2, 0.25) is 0 Å². The molecule has 3 N–H and O–H groups in total. The first-order valence-electron chi connectivity index (χ1n) is 6.39. The largest absolute Gasteiger partial charge is 0.481 e. The summed E-state index contributed by atoms with van der Waals surface area (Å²) in [6.45, 7) is 4.46. The van der Waals surface area contributed by atoms with E-state index in [4.69, 9.17) is 9.84 Å². The van der Waals surface area contributed by atoms with Crippen molar-refractivity contribution in [1.29, 1.82) is 0 Å². The highest BCUT2D eigenvalue weighted by molar-refractivity contribution is 5.74. The van der Waals surface area contributed by atoms with Gasteiger partial charge in [0, 0.05) is 19.1 Å². The lowest BCUT2D eigenvalue weighted by atomic mass is 10.1. The SMILES string of the molecule is CC(CCC(=O)O)NC(=O)NC(C)C1CCCO1. The number of urea groups is 1. The van der Waals surface area contributed by atoms with Crippen molar-refractivity contribution in [2.75, 3.05) is 6.61 Å². The number of hydrogen-bond donors (Lipinski definition) is 3. The maximum atomic E-state index is 11.6. The summed E-state index contributed by atoms with van der Waals surface area (Å²) >= 11 is 0. The van der Waals surface area contributed by atoms with E-state index in [2.05, 4.69) is 10.6 Å². The maximum Gasteiger partial charge on any atom is 0.315 e. The summed E-state index contributed by atoms with van der Waals surface area (Å²) in [4.78, 5) is 22.0.